The van der Waals surface area contributed by atoms with Crippen LogP contribution in [0.15, 0.2) is 35.2 Å². The molecule has 0 spiro atoms. The SMILES string of the molecule is O=C(CN1C(=O)S/C(=C/c2ccccc2)C1=O)NC1CC1. The fourth-order valence-corrected chi connectivity index (χ4v) is 2.82. The third kappa shape index (κ3) is 3.33. The summed E-state index contributed by atoms with van der Waals surface area (Å²) in [5.41, 5.74) is 0.852. The van der Waals surface area contributed by atoms with E-state index in [1.165, 1.54) is 0 Å². The number of carbonyl (C=O) groups is 3. The van der Waals surface area contributed by atoms with E-state index in [1.807, 2.05) is 30.3 Å². The van der Waals surface area contributed by atoms with Gasteiger partial charge in [0, 0.05) is 6.04 Å². The first-order chi connectivity index (χ1) is 10.1. The molecule has 2 fully saturated rings. The Kier molecular flexibility index (Phi) is 3.79. The Morgan fingerprint density at radius 3 is 2.67 bits per heavy atom. The molecule has 1 saturated carbocycles. The third-order valence-corrected chi connectivity index (χ3v) is 4.12. The summed E-state index contributed by atoms with van der Waals surface area (Å²) in [7, 11) is 0. The molecule has 1 aliphatic heterocycles. The van der Waals surface area contributed by atoms with E-state index in [4.69, 9.17) is 0 Å². The van der Waals surface area contributed by atoms with Crippen molar-refractivity contribution in [1.29, 1.82) is 0 Å². The molecule has 1 saturated heterocycles. The number of amides is 3. The second-order valence-corrected chi connectivity index (χ2v) is 6.01. The summed E-state index contributed by atoms with van der Waals surface area (Å²) in [6, 6.07) is 9.53. The minimum atomic E-state index is -0.403. The maximum Gasteiger partial charge on any atom is 0.294 e. The molecule has 1 heterocycles. The minimum absolute atomic E-state index is 0.201. The lowest BCUT2D eigenvalue weighted by Gasteiger charge is -2.11. The zero-order chi connectivity index (χ0) is 14.8. The standard InChI is InChI=1S/C15H14N2O3S/c18-13(16-11-6-7-11)9-17-14(19)12(21-15(17)20)8-10-4-2-1-3-5-10/h1-5,8,11H,6-7,9H2,(H,16,18)/b12-8+. The number of thioether (sulfide) groups is 1. The Morgan fingerprint density at radius 1 is 1.29 bits per heavy atom. The normalized spacial score (nSPS) is 20.2. The van der Waals surface area contributed by atoms with Crippen LogP contribution >= 0.6 is 11.8 Å². The molecule has 0 unspecified atom stereocenters. The third-order valence-electron chi connectivity index (χ3n) is 3.22. The van der Waals surface area contributed by atoms with Crippen LogP contribution in [0, 0.1) is 0 Å². The molecule has 0 radical (unpaired) electrons. The summed E-state index contributed by atoms with van der Waals surface area (Å²) < 4.78 is 0. The molecule has 0 aromatic heterocycles. The predicted octanol–water partition coefficient (Wildman–Crippen LogP) is 2.00. The smallest absolute Gasteiger partial charge is 0.294 e. The fraction of sp³-hybridized carbons (Fsp3) is 0.267. The highest BCUT2D eigenvalue weighted by Crippen LogP contribution is 2.32. The van der Waals surface area contributed by atoms with Gasteiger partial charge in [-0.15, -0.1) is 0 Å². The molecule has 3 rings (SSSR count). The van der Waals surface area contributed by atoms with E-state index < -0.39 is 11.1 Å². The van der Waals surface area contributed by atoms with Gasteiger partial charge in [0.15, 0.2) is 0 Å². The van der Waals surface area contributed by atoms with Crippen LogP contribution in [-0.4, -0.2) is 34.5 Å². The summed E-state index contributed by atoms with van der Waals surface area (Å²) in [5.74, 6) is -0.680. The van der Waals surface area contributed by atoms with Crippen LogP contribution in [0.3, 0.4) is 0 Å². The lowest BCUT2D eigenvalue weighted by Crippen LogP contribution is -2.40. The van der Waals surface area contributed by atoms with Gasteiger partial charge in [0.25, 0.3) is 11.1 Å². The monoisotopic (exact) mass is 302 g/mol. The van der Waals surface area contributed by atoms with E-state index in [2.05, 4.69) is 5.32 Å². The lowest BCUT2D eigenvalue weighted by atomic mass is 10.2. The first-order valence-electron chi connectivity index (χ1n) is 6.73. The number of benzene rings is 1. The van der Waals surface area contributed by atoms with Gasteiger partial charge in [-0.05, 0) is 36.2 Å². The number of rotatable bonds is 4. The van der Waals surface area contributed by atoms with Crippen molar-refractivity contribution in [2.24, 2.45) is 0 Å². The molecular weight excluding hydrogens is 288 g/mol. The number of imide groups is 1. The number of carbonyl (C=O) groups excluding carboxylic acids is 3. The second kappa shape index (κ2) is 5.73. The van der Waals surface area contributed by atoms with E-state index in [0.29, 0.717) is 4.91 Å². The van der Waals surface area contributed by atoms with E-state index in [0.717, 1.165) is 35.1 Å². The topological polar surface area (TPSA) is 66.5 Å². The first kappa shape index (κ1) is 13.9. The zero-order valence-electron chi connectivity index (χ0n) is 11.2. The highest BCUT2D eigenvalue weighted by molar-refractivity contribution is 8.18. The van der Waals surface area contributed by atoms with Gasteiger partial charge in [-0.25, -0.2) is 0 Å². The maximum atomic E-state index is 12.2. The molecule has 1 N–H and O–H groups in total. The van der Waals surface area contributed by atoms with Crippen LogP contribution in [-0.2, 0) is 9.59 Å². The van der Waals surface area contributed by atoms with Crippen LogP contribution in [0.5, 0.6) is 0 Å². The van der Waals surface area contributed by atoms with Crippen molar-refractivity contribution >= 4 is 34.9 Å². The quantitative estimate of drug-likeness (QED) is 0.864. The summed E-state index contributed by atoms with van der Waals surface area (Å²) >= 11 is 0.872. The fourth-order valence-electron chi connectivity index (χ4n) is 1.98. The summed E-state index contributed by atoms with van der Waals surface area (Å²) in [6.45, 7) is -0.201. The molecule has 6 heteroatoms. The van der Waals surface area contributed by atoms with E-state index in [1.54, 1.807) is 6.08 Å². The summed E-state index contributed by atoms with van der Waals surface area (Å²) in [6.07, 6.45) is 3.62. The molecule has 0 bridgehead atoms. The summed E-state index contributed by atoms with van der Waals surface area (Å²) in [5, 5.41) is 2.38. The van der Waals surface area contributed by atoms with Crippen molar-refractivity contribution in [3.63, 3.8) is 0 Å². The Balaban J connectivity index is 1.69. The Morgan fingerprint density at radius 2 is 2.00 bits per heavy atom. The molecule has 1 aromatic rings. The second-order valence-electron chi connectivity index (χ2n) is 5.02. The van der Waals surface area contributed by atoms with E-state index >= 15 is 0 Å². The van der Waals surface area contributed by atoms with Crippen molar-refractivity contribution in [3.05, 3.63) is 40.8 Å². The summed E-state index contributed by atoms with van der Waals surface area (Å²) in [4.78, 5) is 37.1. The van der Waals surface area contributed by atoms with Crippen molar-refractivity contribution in [2.75, 3.05) is 6.54 Å². The Hall–Kier alpha value is -2.08. The maximum absolute atomic E-state index is 12.2. The van der Waals surface area contributed by atoms with Crippen molar-refractivity contribution in [1.82, 2.24) is 10.2 Å². The van der Waals surface area contributed by atoms with Crippen LogP contribution in [0.1, 0.15) is 18.4 Å². The van der Waals surface area contributed by atoms with Gasteiger partial charge in [0.2, 0.25) is 5.91 Å². The van der Waals surface area contributed by atoms with Crippen LogP contribution in [0.4, 0.5) is 4.79 Å². The molecule has 1 aromatic carbocycles. The molecule has 21 heavy (non-hydrogen) atoms. The predicted molar refractivity (Wildman–Crippen MR) is 80.3 cm³/mol. The van der Waals surface area contributed by atoms with Crippen LogP contribution in [0.25, 0.3) is 6.08 Å². The van der Waals surface area contributed by atoms with Gasteiger partial charge in [0.1, 0.15) is 6.54 Å². The molecule has 108 valence electrons. The van der Waals surface area contributed by atoms with Gasteiger partial charge >= 0.3 is 0 Å². The van der Waals surface area contributed by atoms with Gasteiger partial charge in [0.05, 0.1) is 4.91 Å². The number of hydrogen-bond acceptors (Lipinski definition) is 4. The Bertz CT molecular complexity index is 623. The van der Waals surface area contributed by atoms with Gasteiger partial charge in [-0.3, -0.25) is 19.3 Å². The molecule has 2 aliphatic rings. The molecule has 3 amide bonds. The molecular formula is C15H14N2O3S. The first-order valence-corrected chi connectivity index (χ1v) is 7.55. The average Bonchev–Trinajstić information content (AvgIpc) is 3.24. The lowest BCUT2D eigenvalue weighted by molar-refractivity contribution is -0.129. The van der Waals surface area contributed by atoms with Crippen LogP contribution in [0.2, 0.25) is 0 Å². The van der Waals surface area contributed by atoms with E-state index in [9.17, 15) is 14.4 Å². The van der Waals surface area contributed by atoms with E-state index in [-0.39, 0.29) is 18.5 Å². The molecule has 1 aliphatic carbocycles. The highest BCUT2D eigenvalue weighted by atomic mass is 32.2. The van der Waals surface area contributed by atoms with Crippen molar-refractivity contribution < 1.29 is 14.4 Å². The number of nitrogens with zero attached hydrogens (tertiary/aromatic N) is 1. The number of nitrogens with one attached hydrogen (secondary N) is 1. The minimum Gasteiger partial charge on any atom is -0.352 e. The highest BCUT2D eigenvalue weighted by Gasteiger charge is 2.37. The zero-order valence-corrected chi connectivity index (χ0v) is 12.1. The van der Waals surface area contributed by atoms with Gasteiger partial charge < -0.3 is 5.32 Å². The molecule has 5 nitrogen and oxygen atoms in total. The molecule has 0 atom stereocenters. The van der Waals surface area contributed by atoms with Crippen molar-refractivity contribution in [3.8, 4) is 0 Å². The largest absolute Gasteiger partial charge is 0.352 e. The van der Waals surface area contributed by atoms with Gasteiger partial charge in [-0.1, -0.05) is 30.3 Å². The van der Waals surface area contributed by atoms with Crippen molar-refractivity contribution in [2.45, 2.75) is 18.9 Å². The average molecular weight is 302 g/mol. The van der Waals surface area contributed by atoms with Gasteiger partial charge in [-0.2, -0.15) is 0 Å². The Labute approximate surface area is 126 Å². The number of hydrogen-bond donors (Lipinski definition) is 1. The van der Waals surface area contributed by atoms with Crippen LogP contribution < -0.4 is 5.32 Å².